The molecule has 0 aliphatic rings. The van der Waals surface area contributed by atoms with Crippen molar-refractivity contribution in [2.24, 2.45) is 10.2 Å². The van der Waals surface area contributed by atoms with Crippen LogP contribution in [0.3, 0.4) is 0 Å². The predicted octanol–water partition coefficient (Wildman–Crippen LogP) is 3.56. The number of nitrogens with zero attached hydrogens (tertiary/aromatic N) is 3. The summed E-state index contributed by atoms with van der Waals surface area (Å²) >= 11 is 0. The molecule has 2 N–H and O–H groups in total. The minimum absolute atomic E-state index is 0.00976. The van der Waals surface area contributed by atoms with Gasteiger partial charge in [0.05, 0.1) is 10.4 Å². The third-order valence-corrected chi connectivity index (χ3v) is 3.21. The second kappa shape index (κ2) is 5.68. The molecule has 0 radical (unpaired) electrons. The average Bonchev–Trinajstić information content (AvgIpc) is 2.55. The fraction of sp³-hybridized carbons (Fsp3) is 0. The summed E-state index contributed by atoms with van der Waals surface area (Å²) in [6.45, 7) is 0. The molecule has 2 aromatic carbocycles. The van der Waals surface area contributed by atoms with E-state index in [-0.39, 0.29) is 22.8 Å². The molecule has 0 bridgehead atoms. The van der Waals surface area contributed by atoms with Crippen molar-refractivity contribution in [2.45, 2.75) is 0 Å². The van der Waals surface area contributed by atoms with E-state index in [2.05, 4.69) is 15.2 Å². The number of nitro groups is 1. The zero-order valence-corrected chi connectivity index (χ0v) is 11.6. The van der Waals surface area contributed by atoms with Crippen LogP contribution in [-0.4, -0.2) is 15.0 Å². The maximum atomic E-state index is 12.0. The second-order valence-corrected chi connectivity index (χ2v) is 4.64. The van der Waals surface area contributed by atoms with Crippen molar-refractivity contribution in [3.8, 4) is 5.75 Å². The van der Waals surface area contributed by atoms with Crippen molar-refractivity contribution in [1.29, 1.82) is 0 Å². The van der Waals surface area contributed by atoms with E-state index in [1.807, 2.05) is 0 Å². The van der Waals surface area contributed by atoms with Crippen LogP contribution in [0.15, 0.2) is 63.6 Å². The molecular weight excluding hydrogens is 300 g/mol. The van der Waals surface area contributed by atoms with Crippen molar-refractivity contribution < 1.29 is 10.0 Å². The van der Waals surface area contributed by atoms with E-state index < -0.39 is 10.5 Å². The number of pyridine rings is 1. The number of fused-ring (bicyclic) bond motifs is 1. The van der Waals surface area contributed by atoms with Gasteiger partial charge in [0.15, 0.2) is 17.1 Å². The first-order chi connectivity index (χ1) is 11.1. The van der Waals surface area contributed by atoms with Crippen LogP contribution in [0.2, 0.25) is 0 Å². The molecule has 23 heavy (non-hydrogen) atoms. The molecule has 0 saturated heterocycles. The van der Waals surface area contributed by atoms with E-state index in [0.717, 1.165) is 0 Å². The summed E-state index contributed by atoms with van der Waals surface area (Å²) < 4.78 is 0. The Balaban J connectivity index is 2.12. The van der Waals surface area contributed by atoms with Crippen LogP contribution >= 0.6 is 0 Å². The molecule has 0 unspecified atom stereocenters. The lowest BCUT2D eigenvalue weighted by atomic mass is 10.2. The summed E-state index contributed by atoms with van der Waals surface area (Å²) in [7, 11) is 0. The summed E-state index contributed by atoms with van der Waals surface area (Å²) in [6, 6.07) is 12.4. The number of hydrogen-bond acceptors (Lipinski definition) is 6. The van der Waals surface area contributed by atoms with Gasteiger partial charge in [-0.3, -0.25) is 14.9 Å². The van der Waals surface area contributed by atoms with E-state index in [1.165, 1.54) is 18.2 Å². The number of rotatable bonds is 3. The Bertz CT molecular complexity index is 994. The van der Waals surface area contributed by atoms with Crippen molar-refractivity contribution in [2.75, 3.05) is 0 Å². The van der Waals surface area contributed by atoms with Gasteiger partial charge in [0.25, 0.3) is 11.2 Å². The van der Waals surface area contributed by atoms with Gasteiger partial charge in [0.1, 0.15) is 0 Å². The third kappa shape index (κ3) is 2.64. The number of H-pyrrole nitrogens is 1. The average molecular weight is 310 g/mol. The first-order valence-corrected chi connectivity index (χ1v) is 6.57. The lowest BCUT2D eigenvalue weighted by Crippen LogP contribution is -2.04. The Morgan fingerprint density at radius 1 is 1.04 bits per heavy atom. The van der Waals surface area contributed by atoms with Crippen LogP contribution in [0.1, 0.15) is 0 Å². The van der Waals surface area contributed by atoms with E-state index in [4.69, 9.17) is 0 Å². The first kappa shape index (κ1) is 14.4. The van der Waals surface area contributed by atoms with Gasteiger partial charge in [-0.15, -0.1) is 10.2 Å². The van der Waals surface area contributed by atoms with Gasteiger partial charge in [0, 0.05) is 11.5 Å². The minimum Gasteiger partial charge on any atom is -0.505 e. The molecular formula is C15H10N4O4. The quantitative estimate of drug-likeness (QED) is 0.436. The summed E-state index contributed by atoms with van der Waals surface area (Å²) in [5.74, 6) is -0.327. The molecule has 8 nitrogen and oxygen atoms in total. The molecule has 0 aliphatic heterocycles. The van der Waals surface area contributed by atoms with Gasteiger partial charge < -0.3 is 10.1 Å². The molecule has 114 valence electrons. The number of nitrogens with one attached hydrogen (secondary N) is 1. The molecule has 0 amide bonds. The minimum atomic E-state index is -0.636. The van der Waals surface area contributed by atoms with Crippen molar-refractivity contribution >= 4 is 28.0 Å². The van der Waals surface area contributed by atoms with Crippen LogP contribution in [0.25, 0.3) is 10.9 Å². The van der Waals surface area contributed by atoms with Crippen molar-refractivity contribution in [1.82, 2.24) is 4.98 Å². The topological polar surface area (TPSA) is 121 Å². The highest BCUT2D eigenvalue weighted by Crippen LogP contribution is 2.33. The predicted molar refractivity (Wildman–Crippen MR) is 83.5 cm³/mol. The van der Waals surface area contributed by atoms with Crippen LogP contribution in [0.4, 0.5) is 17.1 Å². The number of hydrogen-bond donors (Lipinski definition) is 2. The molecule has 8 heteroatoms. The summed E-state index contributed by atoms with van der Waals surface area (Å²) in [4.78, 5) is 24.9. The number of aromatic amines is 1. The van der Waals surface area contributed by atoms with Gasteiger partial charge in [-0.25, -0.2) is 0 Å². The highest BCUT2D eigenvalue weighted by molar-refractivity contribution is 5.88. The van der Waals surface area contributed by atoms with Crippen LogP contribution in [0, 0.1) is 10.1 Å². The lowest BCUT2D eigenvalue weighted by Gasteiger charge is -2.02. The molecule has 0 aliphatic carbocycles. The molecule has 0 fully saturated rings. The van der Waals surface area contributed by atoms with Gasteiger partial charge in [-0.05, 0) is 18.2 Å². The number of azo groups is 1. The number of nitro benzene ring substituents is 1. The molecule has 0 atom stereocenters. The number of para-hydroxylation sites is 2. The van der Waals surface area contributed by atoms with E-state index in [1.54, 1.807) is 30.3 Å². The molecule has 0 spiro atoms. The van der Waals surface area contributed by atoms with Crippen molar-refractivity contribution in [3.05, 3.63) is 69.0 Å². The van der Waals surface area contributed by atoms with Gasteiger partial charge in [-0.2, -0.15) is 0 Å². The number of aromatic nitrogens is 1. The first-order valence-electron chi connectivity index (χ1n) is 6.57. The second-order valence-electron chi connectivity index (χ2n) is 4.64. The Hall–Kier alpha value is -3.55. The maximum Gasteiger partial charge on any atom is 0.296 e. The normalized spacial score (nSPS) is 11.1. The van der Waals surface area contributed by atoms with E-state index in [9.17, 15) is 20.0 Å². The summed E-state index contributed by atoms with van der Waals surface area (Å²) in [6.07, 6.45) is 0. The molecule has 1 aromatic heterocycles. The van der Waals surface area contributed by atoms with Crippen LogP contribution in [0.5, 0.6) is 5.75 Å². The van der Waals surface area contributed by atoms with Crippen LogP contribution in [-0.2, 0) is 0 Å². The highest BCUT2D eigenvalue weighted by atomic mass is 16.6. The highest BCUT2D eigenvalue weighted by Gasteiger charge is 2.14. The number of benzene rings is 2. The number of aromatic hydroxyl groups is 1. The molecule has 1 heterocycles. The van der Waals surface area contributed by atoms with Gasteiger partial charge in [-0.1, -0.05) is 24.3 Å². The SMILES string of the molecule is O=c1[nH]c2ccccc2c(O)c1/N=N/c1ccccc1[N+](=O)[O-]. The standard InChI is InChI=1S/C15H10N4O4/c20-14-9-5-1-2-6-10(9)16-15(21)13(14)18-17-11-7-3-4-8-12(11)19(22)23/h1-8H,(H2,16,20,21)/b18-17+. The third-order valence-electron chi connectivity index (χ3n) is 3.21. The Morgan fingerprint density at radius 3 is 2.52 bits per heavy atom. The molecule has 3 aromatic rings. The molecule has 3 rings (SSSR count). The maximum absolute atomic E-state index is 12.0. The van der Waals surface area contributed by atoms with Gasteiger partial charge >= 0.3 is 0 Å². The van der Waals surface area contributed by atoms with E-state index >= 15 is 0 Å². The molecule has 0 saturated carbocycles. The van der Waals surface area contributed by atoms with E-state index in [0.29, 0.717) is 10.9 Å². The Labute approximate surface area is 128 Å². The summed E-state index contributed by atoms with van der Waals surface area (Å²) in [5, 5.41) is 28.9. The van der Waals surface area contributed by atoms with Gasteiger partial charge in [0.2, 0.25) is 0 Å². The lowest BCUT2D eigenvalue weighted by molar-refractivity contribution is -0.384. The zero-order valence-electron chi connectivity index (χ0n) is 11.6. The fourth-order valence-electron chi connectivity index (χ4n) is 2.11. The summed E-state index contributed by atoms with van der Waals surface area (Å²) in [5.41, 5.74) is -0.734. The Kier molecular flexibility index (Phi) is 3.55. The zero-order chi connectivity index (χ0) is 16.4. The fourth-order valence-corrected chi connectivity index (χ4v) is 2.11. The van der Waals surface area contributed by atoms with Crippen LogP contribution < -0.4 is 5.56 Å². The van der Waals surface area contributed by atoms with Crippen molar-refractivity contribution in [3.63, 3.8) is 0 Å². The largest absolute Gasteiger partial charge is 0.505 e. The smallest absolute Gasteiger partial charge is 0.296 e. The Morgan fingerprint density at radius 2 is 1.74 bits per heavy atom. The monoisotopic (exact) mass is 310 g/mol.